The van der Waals surface area contributed by atoms with Gasteiger partial charge in [-0.2, -0.15) is 0 Å². The molecule has 1 heterocycles. The molecule has 166 valence electrons. The number of rotatable bonds is 7. The van der Waals surface area contributed by atoms with E-state index in [0.29, 0.717) is 39.0 Å². The number of carbonyl (C=O) groups is 2. The van der Waals surface area contributed by atoms with E-state index in [9.17, 15) is 14.0 Å². The molecule has 3 aromatic carbocycles. The lowest BCUT2D eigenvalue weighted by molar-refractivity contribution is -0.115. The summed E-state index contributed by atoms with van der Waals surface area (Å²) >= 11 is 1.36. The third-order valence-corrected chi connectivity index (χ3v) is 5.69. The Morgan fingerprint density at radius 1 is 1.00 bits per heavy atom. The van der Waals surface area contributed by atoms with Crippen molar-refractivity contribution in [3.63, 3.8) is 0 Å². The molecule has 4 aromatic rings. The molecule has 0 saturated heterocycles. The van der Waals surface area contributed by atoms with E-state index in [0.717, 1.165) is 0 Å². The Labute approximate surface area is 194 Å². The quantitative estimate of drug-likeness (QED) is 0.387. The third-order valence-electron chi connectivity index (χ3n) is 4.75. The zero-order valence-corrected chi connectivity index (χ0v) is 18.5. The predicted molar refractivity (Wildman–Crippen MR) is 127 cm³/mol. The number of thiazole rings is 1. The van der Waals surface area contributed by atoms with Gasteiger partial charge in [0.25, 0.3) is 5.91 Å². The van der Waals surface area contributed by atoms with Crippen molar-refractivity contribution in [1.29, 1.82) is 0 Å². The molecule has 2 N–H and O–H groups in total. The van der Waals surface area contributed by atoms with E-state index in [-0.39, 0.29) is 24.1 Å². The summed E-state index contributed by atoms with van der Waals surface area (Å²) in [7, 11) is 1.54. The fraction of sp³-hybridized carbons (Fsp3) is 0.0800. The number of nitrogens with zero attached hydrogens (tertiary/aromatic N) is 1. The van der Waals surface area contributed by atoms with Gasteiger partial charge in [0.05, 0.1) is 24.9 Å². The van der Waals surface area contributed by atoms with Crippen molar-refractivity contribution >= 4 is 34.5 Å². The van der Waals surface area contributed by atoms with E-state index in [1.165, 1.54) is 30.6 Å². The van der Waals surface area contributed by atoms with Gasteiger partial charge in [-0.25, -0.2) is 9.37 Å². The van der Waals surface area contributed by atoms with Gasteiger partial charge in [0.2, 0.25) is 5.91 Å². The number of aromatic nitrogens is 1. The number of hydrogen-bond acceptors (Lipinski definition) is 5. The minimum Gasteiger partial charge on any atom is -0.495 e. The number of methoxy groups -OCH3 is 1. The molecule has 0 aliphatic heterocycles. The Hall–Kier alpha value is -4.04. The van der Waals surface area contributed by atoms with Gasteiger partial charge in [-0.1, -0.05) is 24.3 Å². The first-order valence-electron chi connectivity index (χ1n) is 10.1. The van der Waals surface area contributed by atoms with Crippen molar-refractivity contribution in [3.05, 3.63) is 95.3 Å². The maximum Gasteiger partial charge on any atom is 0.255 e. The van der Waals surface area contributed by atoms with E-state index >= 15 is 0 Å². The van der Waals surface area contributed by atoms with Crippen LogP contribution in [-0.2, 0) is 11.2 Å². The zero-order chi connectivity index (χ0) is 23.2. The Morgan fingerprint density at radius 3 is 2.55 bits per heavy atom. The van der Waals surface area contributed by atoms with E-state index in [1.54, 1.807) is 60.0 Å². The number of hydrogen-bond donors (Lipinski definition) is 2. The summed E-state index contributed by atoms with van der Waals surface area (Å²) in [6.45, 7) is 0. The van der Waals surface area contributed by atoms with Crippen molar-refractivity contribution in [1.82, 2.24) is 4.98 Å². The summed E-state index contributed by atoms with van der Waals surface area (Å²) in [6.07, 6.45) is 0.0852. The number of carbonyl (C=O) groups excluding carboxylic acids is 2. The second kappa shape index (κ2) is 10.1. The van der Waals surface area contributed by atoms with Crippen molar-refractivity contribution in [2.24, 2.45) is 0 Å². The smallest absolute Gasteiger partial charge is 0.255 e. The molecule has 0 bridgehead atoms. The molecule has 8 heteroatoms. The van der Waals surface area contributed by atoms with Gasteiger partial charge in [-0.15, -0.1) is 11.3 Å². The van der Waals surface area contributed by atoms with E-state index in [1.807, 2.05) is 6.07 Å². The van der Waals surface area contributed by atoms with Gasteiger partial charge in [0.1, 0.15) is 16.6 Å². The largest absolute Gasteiger partial charge is 0.495 e. The van der Waals surface area contributed by atoms with Crippen LogP contribution < -0.4 is 15.4 Å². The van der Waals surface area contributed by atoms with Crippen LogP contribution in [0.25, 0.3) is 10.6 Å². The number of anilines is 2. The highest BCUT2D eigenvalue weighted by Crippen LogP contribution is 2.25. The summed E-state index contributed by atoms with van der Waals surface area (Å²) in [5.74, 6) is -0.290. The van der Waals surface area contributed by atoms with Crippen LogP contribution in [0, 0.1) is 5.82 Å². The average Bonchev–Trinajstić information content (AvgIpc) is 3.28. The average molecular weight is 462 g/mol. The van der Waals surface area contributed by atoms with Gasteiger partial charge in [0.15, 0.2) is 0 Å². The van der Waals surface area contributed by atoms with Crippen LogP contribution >= 0.6 is 11.3 Å². The van der Waals surface area contributed by atoms with Crippen LogP contribution in [0.5, 0.6) is 5.75 Å². The number of benzene rings is 3. The first-order valence-corrected chi connectivity index (χ1v) is 10.9. The van der Waals surface area contributed by atoms with E-state index in [2.05, 4.69) is 15.6 Å². The predicted octanol–water partition coefficient (Wildman–Crippen LogP) is 5.39. The van der Waals surface area contributed by atoms with Crippen LogP contribution in [0.2, 0.25) is 0 Å². The Bertz CT molecular complexity index is 1290. The highest BCUT2D eigenvalue weighted by Gasteiger charge is 2.12. The molecule has 0 spiro atoms. The van der Waals surface area contributed by atoms with Gasteiger partial charge in [-0.05, 0) is 48.5 Å². The molecule has 0 unspecified atom stereocenters. The van der Waals surface area contributed by atoms with Crippen molar-refractivity contribution < 1.29 is 18.7 Å². The molecule has 0 aliphatic carbocycles. The molecular weight excluding hydrogens is 441 g/mol. The van der Waals surface area contributed by atoms with Crippen LogP contribution in [0.1, 0.15) is 16.1 Å². The molecule has 2 amide bonds. The van der Waals surface area contributed by atoms with Crippen LogP contribution in [-0.4, -0.2) is 23.9 Å². The number of amides is 2. The van der Waals surface area contributed by atoms with E-state index < -0.39 is 0 Å². The molecule has 0 saturated carbocycles. The lowest BCUT2D eigenvalue weighted by Gasteiger charge is -2.10. The SMILES string of the molecule is COc1ccccc1NC(=O)c1ccc(NC(=O)Cc2csc(-c3cccc(F)c3)n2)cc1. The van der Waals surface area contributed by atoms with Gasteiger partial charge >= 0.3 is 0 Å². The highest BCUT2D eigenvalue weighted by molar-refractivity contribution is 7.13. The van der Waals surface area contributed by atoms with Crippen molar-refractivity contribution in [2.45, 2.75) is 6.42 Å². The normalized spacial score (nSPS) is 10.5. The fourth-order valence-corrected chi connectivity index (χ4v) is 3.98. The standard InChI is InChI=1S/C25H20FN3O3S/c1-32-22-8-3-2-7-21(22)29-24(31)16-9-11-19(12-10-16)27-23(30)14-20-15-33-25(28-20)17-5-4-6-18(26)13-17/h2-13,15H,14H2,1H3,(H,27,30)(H,29,31). The summed E-state index contributed by atoms with van der Waals surface area (Å²) in [4.78, 5) is 29.3. The van der Waals surface area contributed by atoms with Gasteiger partial charge < -0.3 is 15.4 Å². The maximum absolute atomic E-state index is 13.4. The summed E-state index contributed by atoms with van der Waals surface area (Å²) in [5.41, 5.74) is 2.86. The minimum absolute atomic E-state index is 0.0852. The van der Waals surface area contributed by atoms with Crippen molar-refractivity contribution in [2.75, 3.05) is 17.7 Å². The van der Waals surface area contributed by atoms with E-state index in [4.69, 9.17) is 4.74 Å². The molecule has 0 atom stereocenters. The van der Waals surface area contributed by atoms with Crippen LogP contribution in [0.15, 0.2) is 78.2 Å². The summed E-state index contributed by atoms with van der Waals surface area (Å²) < 4.78 is 18.7. The van der Waals surface area contributed by atoms with Gasteiger partial charge in [-0.3, -0.25) is 9.59 Å². The number of ether oxygens (including phenoxy) is 1. The fourth-order valence-electron chi connectivity index (χ4n) is 3.16. The summed E-state index contributed by atoms with van der Waals surface area (Å²) in [6, 6.07) is 19.9. The molecular formula is C25H20FN3O3S. The molecule has 0 aliphatic rings. The second-order valence-electron chi connectivity index (χ2n) is 7.11. The van der Waals surface area contributed by atoms with Crippen LogP contribution in [0.4, 0.5) is 15.8 Å². The molecule has 0 fully saturated rings. The first kappa shape index (κ1) is 22.2. The Morgan fingerprint density at radius 2 is 1.79 bits per heavy atom. The topological polar surface area (TPSA) is 80.3 Å². The zero-order valence-electron chi connectivity index (χ0n) is 17.7. The molecule has 0 radical (unpaired) electrons. The molecule has 6 nitrogen and oxygen atoms in total. The lowest BCUT2D eigenvalue weighted by Crippen LogP contribution is -2.15. The van der Waals surface area contributed by atoms with Crippen LogP contribution in [0.3, 0.4) is 0 Å². The number of nitrogens with one attached hydrogen (secondary N) is 2. The monoisotopic (exact) mass is 461 g/mol. The number of para-hydroxylation sites is 2. The highest BCUT2D eigenvalue weighted by atomic mass is 32.1. The van der Waals surface area contributed by atoms with Crippen molar-refractivity contribution in [3.8, 4) is 16.3 Å². The lowest BCUT2D eigenvalue weighted by atomic mass is 10.1. The summed E-state index contributed by atoms with van der Waals surface area (Å²) in [5, 5.41) is 8.04. The Balaban J connectivity index is 1.35. The Kier molecular flexibility index (Phi) is 6.75. The van der Waals surface area contributed by atoms with Gasteiger partial charge in [0, 0.05) is 22.2 Å². The second-order valence-corrected chi connectivity index (χ2v) is 7.97. The molecule has 1 aromatic heterocycles. The third kappa shape index (κ3) is 5.61. The number of halogens is 1. The molecule has 33 heavy (non-hydrogen) atoms. The maximum atomic E-state index is 13.4. The molecule has 4 rings (SSSR count). The minimum atomic E-state index is -0.331. The first-order chi connectivity index (χ1) is 16.0.